The third kappa shape index (κ3) is 4.95. The third-order valence-corrected chi connectivity index (χ3v) is 7.51. The normalized spacial score (nSPS) is 16.4. The number of aromatic hydroxyl groups is 1. The Balaban J connectivity index is 1.90. The van der Waals surface area contributed by atoms with Gasteiger partial charge in [-0.1, -0.05) is 12.1 Å². The average molecular weight is 435 g/mol. The van der Waals surface area contributed by atoms with E-state index in [-0.39, 0.29) is 19.0 Å². The number of phenolic OH excluding ortho intramolecular Hbond substituents is 1. The van der Waals surface area contributed by atoms with E-state index in [9.17, 15) is 9.67 Å². The summed E-state index contributed by atoms with van der Waals surface area (Å²) in [7, 11) is -2.02. The predicted molar refractivity (Wildman–Crippen MR) is 116 cm³/mol. The van der Waals surface area contributed by atoms with Crippen molar-refractivity contribution in [2.24, 2.45) is 0 Å². The van der Waals surface area contributed by atoms with Gasteiger partial charge < -0.3 is 23.8 Å². The van der Waals surface area contributed by atoms with Crippen LogP contribution in [0.2, 0.25) is 0 Å². The molecule has 8 nitrogen and oxygen atoms in total. The van der Waals surface area contributed by atoms with Crippen molar-refractivity contribution in [3.63, 3.8) is 0 Å². The van der Waals surface area contributed by atoms with E-state index in [4.69, 9.17) is 13.8 Å². The zero-order valence-corrected chi connectivity index (χ0v) is 18.6. The fraction of sp³-hybridized carbons (Fsp3) is 0.476. The zero-order chi connectivity index (χ0) is 21.6. The Morgan fingerprint density at radius 3 is 2.33 bits per heavy atom. The summed E-state index contributed by atoms with van der Waals surface area (Å²) in [5.74, 6) is 0.653. The van der Waals surface area contributed by atoms with Crippen LogP contribution in [-0.2, 0) is 13.6 Å². The molecule has 1 unspecified atom stereocenters. The summed E-state index contributed by atoms with van der Waals surface area (Å²) in [6, 6.07) is 10.9. The van der Waals surface area contributed by atoms with Gasteiger partial charge in [0.05, 0.1) is 20.3 Å². The minimum absolute atomic E-state index is 0.00771. The first-order valence-electron chi connectivity index (χ1n) is 10.2. The maximum atomic E-state index is 13.8. The van der Waals surface area contributed by atoms with Gasteiger partial charge in [-0.05, 0) is 43.7 Å². The number of nitrogens with zero attached hydrogens (tertiary/aromatic N) is 3. The first kappa shape index (κ1) is 22.6. The van der Waals surface area contributed by atoms with E-state index < -0.39 is 13.4 Å². The van der Waals surface area contributed by atoms with Gasteiger partial charge in [-0.2, -0.15) is 0 Å². The van der Waals surface area contributed by atoms with E-state index >= 15 is 0 Å². The molecular formula is C21H30N3O5P. The van der Waals surface area contributed by atoms with Gasteiger partial charge >= 0.3 is 7.60 Å². The second kappa shape index (κ2) is 10.3. The van der Waals surface area contributed by atoms with E-state index in [0.717, 1.165) is 18.9 Å². The Hall–Kier alpha value is -2.12. The van der Waals surface area contributed by atoms with Gasteiger partial charge in [0.1, 0.15) is 11.6 Å². The Morgan fingerprint density at radius 1 is 1.10 bits per heavy atom. The number of hydrogen-bond donors (Lipinski definition) is 1. The molecule has 0 radical (unpaired) electrons. The highest BCUT2D eigenvalue weighted by Crippen LogP contribution is 2.62. The number of phenols is 1. The number of benzene rings is 1. The summed E-state index contributed by atoms with van der Waals surface area (Å²) in [4.78, 5) is 8.73. The van der Waals surface area contributed by atoms with Crippen molar-refractivity contribution >= 4 is 13.4 Å². The highest BCUT2D eigenvalue weighted by molar-refractivity contribution is 7.54. The Bertz CT molecular complexity index is 849. The summed E-state index contributed by atoms with van der Waals surface area (Å²) in [5, 5.41) is 10.3. The van der Waals surface area contributed by atoms with Crippen LogP contribution in [0.4, 0.5) is 5.82 Å². The van der Waals surface area contributed by atoms with Crippen LogP contribution < -0.4 is 9.64 Å². The number of methoxy groups -OCH3 is 1. The highest BCUT2D eigenvalue weighted by Gasteiger charge is 2.42. The van der Waals surface area contributed by atoms with Crippen molar-refractivity contribution in [2.45, 2.75) is 19.6 Å². The Labute approximate surface area is 177 Å². The molecule has 0 saturated carbocycles. The van der Waals surface area contributed by atoms with Gasteiger partial charge in [0.25, 0.3) is 0 Å². The summed E-state index contributed by atoms with van der Waals surface area (Å²) in [5.41, 5.74) is 0.671. The van der Waals surface area contributed by atoms with Gasteiger partial charge in [-0.15, -0.1) is 0 Å². The molecule has 1 aliphatic rings. The second-order valence-corrected chi connectivity index (χ2v) is 8.98. The standard InChI is InChI=1S/C21H30N3O5P/c1-4-28-30(26,29-5-2)21(17-9-10-19(27-3)18(25)16-17)24-14-12-23(13-15-24)20-8-6-7-11-22-20/h6-11,16,21,25H,4-5,12-15H2,1-3H3. The maximum Gasteiger partial charge on any atom is 0.352 e. The van der Waals surface area contributed by atoms with E-state index in [1.165, 1.54) is 7.11 Å². The number of pyridine rings is 1. The van der Waals surface area contributed by atoms with Gasteiger partial charge in [0, 0.05) is 32.4 Å². The molecule has 0 aliphatic carbocycles. The highest BCUT2D eigenvalue weighted by atomic mass is 31.2. The number of hydrogen-bond acceptors (Lipinski definition) is 8. The molecule has 1 N–H and O–H groups in total. The van der Waals surface area contributed by atoms with Gasteiger partial charge in [0.15, 0.2) is 11.5 Å². The minimum atomic E-state index is -3.52. The maximum absolute atomic E-state index is 13.8. The van der Waals surface area contributed by atoms with E-state index in [2.05, 4.69) is 14.8 Å². The lowest BCUT2D eigenvalue weighted by molar-refractivity contribution is 0.157. The average Bonchev–Trinajstić information content (AvgIpc) is 2.75. The fourth-order valence-corrected chi connectivity index (χ4v) is 5.97. The van der Waals surface area contributed by atoms with E-state index in [1.54, 1.807) is 38.2 Å². The van der Waals surface area contributed by atoms with Crippen molar-refractivity contribution in [3.8, 4) is 11.5 Å². The second-order valence-electron chi connectivity index (χ2n) is 6.89. The van der Waals surface area contributed by atoms with Crippen molar-refractivity contribution < 1.29 is 23.5 Å². The summed E-state index contributed by atoms with van der Waals surface area (Å²) in [6.07, 6.45) is 1.78. The summed E-state index contributed by atoms with van der Waals surface area (Å²) < 4.78 is 30.4. The van der Waals surface area contributed by atoms with Crippen LogP contribution in [0.1, 0.15) is 25.2 Å². The number of rotatable bonds is 9. The van der Waals surface area contributed by atoms with Crippen LogP contribution >= 0.6 is 7.60 Å². The van der Waals surface area contributed by atoms with Gasteiger partial charge in [-0.25, -0.2) is 4.98 Å². The van der Waals surface area contributed by atoms with Crippen molar-refractivity contribution in [1.82, 2.24) is 9.88 Å². The fourth-order valence-electron chi connectivity index (χ4n) is 3.74. The largest absolute Gasteiger partial charge is 0.504 e. The lowest BCUT2D eigenvalue weighted by Gasteiger charge is -2.41. The zero-order valence-electron chi connectivity index (χ0n) is 17.7. The number of anilines is 1. The van der Waals surface area contributed by atoms with Crippen molar-refractivity contribution in [2.75, 3.05) is 51.4 Å². The number of ether oxygens (including phenoxy) is 1. The molecule has 2 heterocycles. The lowest BCUT2D eigenvalue weighted by Crippen LogP contribution is -2.48. The molecule has 2 aromatic rings. The van der Waals surface area contributed by atoms with Crippen LogP contribution in [-0.4, -0.2) is 61.5 Å². The molecule has 164 valence electrons. The molecule has 1 aromatic heterocycles. The van der Waals surface area contributed by atoms with Crippen LogP contribution in [0.3, 0.4) is 0 Å². The van der Waals surface area contributed by atoms with Gasteiger partial charge in [-0.3, -0.25) is 9.46 Å². The summed E-state index contributed by atoms with van der Waals surface area (Å²) >= 11 is 0. The molecule has 1 saturated heterocycles. The molecule has 1 aliphatic heterocycles. The minimum Gasteiger partial charge on any atom is -0.504 e. The molecule has 0 bridgehead atoms. The molecule has 3 rings (SSSR count). The molecule has 0 amide bonds. The molecule has 30 heavy (non-hydrogen) atoms. The van der Waals surface area contributed by atoms with Crippen molar-refractivity contribution in [3.05, 3.63) is 48.2 Å². The molecule has 0 spiro atoms. The van der Waals surface area contributed by atoms with E-state index in [0.29, 0.717) is 24.4 Å². The quantitative estimate of drug-likeness (QED) is 0.594. The van der Waals surface area contributed by atoms with Crippen LogP contribution in [0.25, 0.3) is 0 Å². The molecule has 9 heteroatoms. The Kier molecular flexibility index (Phi) is 7.72. The smallest absolute Gasteiger partial charge is 0.352 e. The molecular weight excluding hydrogens is 405 g/mol. The van der Waals surface area contributed by atoms with Crippen LogP contribution in [0.15, 0.2) is 42.6 Å². The Morgan fingerprint density at radius 2 is 1.80 bits per heavy atom. The summed E-state index contributed by atoms with van der Waals surface area (Å²) in [6.45, 7) is 6.90. The third-order valence-electron chi connectivity index (χ3n) is 5.05. The van der Waals surface area contributed by atoms with Crippen molar-refractivity contribution in [1.29, 1.82) is 0 Å². The molecule has 1 atom stereocenters. The monoisotopic (exact) mass is 435 g/mol. The first-order valence-corrected chi connectivity index (χ1v) is 11.8. The lowest BCUT2D eigenvalue weighted by atomic mass is 10.1. The predicted octanol–water partition coefficient (Wildman–Crippen LogP) is 3.88. The van der Waals surface area contributed by atoms with E-state index in [1.807, 2.05) is 18.2 Å². The van der Waals surface area contributed by atoms with Crippen LogP contribution in [0, 0.1) is 0 Å². The van der Waals surface area contributed by atoms with Gasteiger partial charge in [0.2, 0.25) is 0 Å². The number of aromatic nitrogens is 1. The SMILES string of the molecule is CCOP(=O)(OCC)C(c1ccc(OC)c(O)c1)N1CCN(c2ccccn2)CC1. The number of piperazine rings is 1. The molecule has 1 aromatic carbocycles. The molecule has 1 fully saturated rings. The first-order chi connectivity index (χ1) is 14.5. The topological polar surface area (TPSA) is 84.4 Å². The van der Waals surface area contributed by atoms with Crippen LogP contribution in [0.5, 0.6) is 11.5 Å².